The van der Waals surface area contributed by atoms with Crippen molar-refractivity contribution in [1.82, 2.24) is 0 Å². The first-order chi connectivity index (χ1) is 6.16. The molecule has 2 nitrogen and oxygen atoms in total. The molecule has 0 amide bonds. The van der Waals surface area contributed by atoms with E-state index >= 15 is 0 Å². The van der Waals surface area contributed by atoms with E-state index in [1.165, 1.54) is 21.2 Å². The first-order valence-electron chi connectivity index (χ1n) is 3.98. The number of benzene rings is 1. The maximum atomic E-state index is 11.4. The first kappa shape index (κ1) is 10.9. The standard InChI is InChI=1S/C9H12As2O2/c1-2-13-9(12)6-4-3-5-7(10)8(6)11/h3-5H,2,10-11H2,1H3. The molecule has 0 N–H and O–H groups in total. The Kier molecular flexibility index (Phi) is 4.09. The molecule has 1 rings (SSSR count). The van der Waals surface area contributed by atoms with Gasteiger partial charge in [0.05, 0.1) is 0 Å². The van der Waals surface area contributed by atoms with Gasteiger partial charge < -0.3 is 0 Å². The van der Waals surface area contributed by atoms with Crippen molar-refractivity contribution in [3.63, 3.8) is 0 Å². The number of rotatable bonds is 2. The SMILES string of the molecule is CCOC(=O)c1cccc([AsH2])c1[AsH2]. The second kappa shape index (κ2) is 4.88. The van der Waals surface area contributed by atoms with E-state index in [4.69, 9.17) is 4.74 Å². The Labute approximate surface area is 95.0 Å². The van der Waals surface area contributed by atoms with Crippen LogP contribution in [-0.2, 0) is 4.74 Å². The van der Waals surface area contributed by atoms with Gasteiger partial charge in [0.25, 0.3) is 0 Å². The fourth-order valence-electron chi connectivity index (χ4n) is 0.970. The molecule has 1 aromatic carbocycles. The molecular weight excluding hydrogens is 290 g/mol. The van der Waals surface area contributed by atoms with Crippen molar-refractivity contribution in [3.05, 3.63) is 23.8 Å². The molecule has 0 radical (unpaired) electrons. The van der Waals surface area contributed by atoms with E-state index in [0.29, 0.717) is 12.2 Å². The average Bonchev–Trinajstić information content (AvgIpc) is 2.10. The minimum absolute atomic E-state index is 0.207. The number of esters is 1. The fourth-order valence-corrected chi connectivity index (χ4v) is 2.18. The summed E-state index contributed by atoms with van der Waals surface area (Å²) in [7, 11) is 0. The third-order valence-corrected chi connectivity index (χ3v) is 5.51. The van der Waals surface area contributed by atoms with Crippen molar-refractivity contribution < 1.29 is 9.53 Å². The molecule has 4 heteroatoms. The van der Waals surface area contributed by atoms with Crippen LogP contribution in [0.1, 0.15) is 17.3 Å². The van der Waals surface area contributed by atoms with E-state index in [1.807, 2.05) is 25.1 Å². The van der Waals surface area contributed by atoms with Crippen LogP contribution in [-0.4, -0.2) is 46.3 Å². The predicted octanol–water partition coefficient (Wildman–Crippen LogP) is -1.62. The number of carbonyl (C=O) groups is 1. The van der Waals surface area contributed by atoms with Crippen molar-refractivity contribution in [2.45, 2.75) is 6.92 Å². The molecule has 2 unspecified atom stereocenters. The Morgan fingerprint density at radius 1 is 1.46 bits per heavy atom. The summed E-state index contributed by atoms with van der Waals surface area (Å²) >= 11 is 3.02. The van der Waals surface area contributed by atoms with Crippen molar-refractivity contribution in [1.29, 1.82) is 0 Å². The molecule has 0 bridgehead atoms. The van der Waals surface area contributed by atoms with Gasteiger partial charge in [-0.1, -0.05) is 0 Å². The molecule has 0 aliphatic heterocycles. The molecule has 0 heterocycles. The summed E-state index contributed by atoms with van der Waals surface area (Å²) in [5.74, 6) is -0.207. The summed E-state index contributed by atoms with van der Waals surface area (Å²) in [6.07, 6.45) is 0. The fraction of sp³-hybridized carbons (Fsp3) is 0.222. The Morgan fingerprint density at radius 3 is 2.77 bits per heavy atom. The van der Waals surface area contributed by atoms with Crippen molar-refractivity contribution >= 4 is 48.4 Å². The molecule has 70 valence electrons. The third-order valence-electron chi connectivity index (χ3n) is 1.64. The van der Waals surface area contributed by atoms with Gasteiger partial charge in [0.2, 0.25) is 0 Å². The van der Waals surface area contributed by atoms with Gasteiger partial charge >= 0.3 is 95.2 Å². The Hall–Kier alpha value is -0.193. The van der Waals surface area contributed by atoms with Crippen LogP contribution in [0.5, 0.6) is 0 Å². The van der Waals surface area contributed by atoms with Gasteiger partial charge in [0.15, 0.2) is 0 Å². The molecule has 0 spiro atoms. The zero-order valence-electron chi connectivity index (χ0n) is 7.41. The number of carbonyl (C=O) groups excluding carboxylic acids is 1. The Balaban J connectivity index is 3.01. The summed E-state index contributed by atoms with van der Waals surface area (Å²) in [6, 6.07) is 5.74. The van der Waals surface area contributed by atoms with E-state index in [-0.39, 0.29) is 5.97 Å². The van der Waals surface area contributed by atoms with Gasteiger partial charge in [0.1, 0.15) is 0 Å². The van der Waals surface area contributed by atoms with Gasteiger partial charge in [-0.25, -0.2) is 0 Å². The third kappa shape index (κ3) is 2.62. The van der Waals surface area contributed by atoms with Crippen molar-refractivity contribution in [2.24, 2.45) is 0 Å². The molecule has 0 saturated carbocycles. The van der Waals surface area contributed by atoms with E-state index < -0.39 is 0 Å². The van der Waals surface area contributed by atoms with E-state index in [1.54, 1.807) is 16.9 Å². The van der Waals surface area contributed by atoms with Gasteiger partial charge in [-0.2, -0.15) is 0 Å². The van der Waals surface area contributed by atoms with Crippen LogP contribution in [0.4, 0.5) is 0 Å². The second-order valence-electron chi connectivity index (χ2n) is 2.53. The number of hydrogen-bond acceptors (Lipinski definition) is 2. The summed E-state index contributed by atoms with van der Waals surface area (Å²) in [5.41, 5.74) is 0.712. The van der Waals surface area contributed by atoms with E-state index in [2.05, 4.69) is 0 Å². The molecule has 13 heavy (non-hydrogen) atoms. The maximum absolute atomic E-state index is 11.4. The molecule has 0 aliphatic carbocycles. The summed E-state index contributed by atoms with van der Waals surface area (Å²) < 4.78 is 7.24. The molecule has 0 fully saturated rings. The van der Waals surface area contributed by atoms with Crippen molar-refractivity contribution in [2.75, 3.05) is 6.61 Å². The average molecular weight is 302 g/mol. The predicted molar refractivity (Wildman–Crippen MR) is 58.8 cm³/mol. The van der Waals surface area contributed by atoms with Crippen LogP contribution < -0.4 is 8.70 Å². The van der Waals surface area contributed by atoms with Crippen LogP contribution in [0.25, 0.3) is 0 Å². The quantitative estimate of drug-likeness (QED) is 0.485. The molecule has 1 aromatic rings. The van der Waals surface area contributed by atoms with Gasteiger partial charge in [0, 0.05) is 0 Å². The van der Waals surface area contributed by atoms with Gasteiger partial charge in [-0.3, -0.25) is 0 Å². The van der Waals surface area contributed by atoms with Gasteiger partial charge in [-0.15, -0.1) is 0 Å². The van der Waals surface area contributed by atoms with Crippen LogP contribution in [0.15, 0.2) is 18.2 Å². The zero-order chi connectivity index (χ0) is 9.84. The topological polar surface area (TPSA) is 26.3 Å². The molecule has 2 atom stereocenters. The Morgan fingerprint density at radius 2 is 2.15 bits per heavy atom. The van der Waals surface area contributed by atoms with Crippen LogP contribution in [0, 0.1) is 0 Å². The van der Waals surface area contributed by atoms with Crippen LogP contribution in [0.2, 0.25) is 0 Å². The summed E-state index contributed by atoms with van der Waals surface area (Å²) in [4.78, 5) is 11.4. The van der Waals surface area contributed by atoms with E-state index in [0.717, 1.165) is 4.35 Å². The number of hydrogen-bond donors (Lipinski definition) is 0. The minimum atomic E-state index is -0.207. The Bertz CT molecular complexity index is 323. The van der Waals surface area contributed by atoms with Crippen LogP contribution >= 0.6 is 0 Å². The van der Waals surface area contributed by atoms with Crippen LogP contribution in [0.3, 0.4) is 0 Å². The normalized spacial score (nSPS) is 9.77. The van der Waals surface area contributed by atoms with Gasteiger partial charge in [-0.05, 0) is 0 Å². The molecule has 0 aromatic heterocycles. The molecular formula is C9H12As2O2. The molecule has 0 aliphatic rings. The summed E-state index contributed by atoms with van der Waals surface area (Å²) in [5, 5.41) is 0. The van der Waals surface area contributed by atoms with Crippen molar-refractivity contribution in [3.8, 4) is 0 Å². The molecule has 0 saturated heterocycles. The number of ether oxygens (including phenoxy) is 1. The first-order valence-corrected chi connectivity index (χ1v) is 6.40. The summed E-state index contributed by atoms with van der Waals surface area (Å²) in [6.45, 7) is 2.25. The second-order valence-corrected chi connectivity index (χ2v) is 5.05. The monoisotopic (exact) mass is 302 g/mol. The zero-order valence-corrected chi connectivity index (χ0v) is 12.3. The van der Waals surface area contributed by atoms with E-state index in [9.17, 15) is 4.79 Å².